The summed E-state index contributed by atoms with van der Waals surface area (Å²) in [6.45, 7) is 17.1. The van der Waals surface area contributed by atoms with Gasteiger partial charge in [-0.1, -0.05) is 32.9 Å². The molecule has 2 heteroatoms. The summed E-state index contributed by atoms with van der Waals surface area (Å²) in [5, 5.41) is 3.43. The normalized spacial score (nSPS) is 11.3. The fourth-order valence-corrected chi connectivity index (χ4v) is 1.42. The molecule has 0 atom stereocenters. The van der Waals surface area contributed by atoms with Crippen LogP contribution >= 0.6 is 0 Å². The Balaban J connectivity index is 3.47. The quantitative estimate of drug-likeness (QED) is 0.475. The zero-order valence-electron chi connectivity index (χ0n) is 10.3. The van der Waals surface area contributed by atoms with Crippen LogP contribution in [0.4, 0.5) is 0 Å². The Morgan fingerprint density at radius 1 is 1.43 bits per heavy atom. The molecule has 14 heavy (non-hydrogen) atoms. The largest absolute Gasteiger partial charge is 0.314 e. The predicted octanol–water partition coefficient (Wildman–Crippen LogP) is 2.27. The fourth-order valence-electron chi connectivity index (χ4n) is 1.42. The third kappa shape index (κ3) is 8.27. The van der Waals surface area contributed by atoms with Crippen molar-refractivity contribution in [3.63, 3.8) is 0 Å². The monoisotopic (exact) mass is 198 g/mol. The molecule has 0 saturated carbocycles. The Bertz CT molecular complexity index is 152. The van der Waals surface area contributed by atoms with Crippen molar-refractivity contribution in [1.82, 2.24) is 10.2 Å². The Morgan fingerprint density at radius 2 is 2.07 bits per heavy atom. The van der Waals surface area contributed by atoms with Crippen molar-refractivity contribution in [3.05, 3.63) is 12.2 Å². The summed E-state index contributed by atoms with van der Waals surface area (Å²) in [5.41, 5.74) is 1.25. The fraction of sp³-hybridized carbons (Fsp3) is 0.833. The molecule has 0 aliphatic rings. The van der Waals surface area contributed by atoms with Gasteiger partial charge >= 0.3 is 0 Å². The van der Waals surface area contributed by atoms with Gasteiger partial charge in [-0.05, 0) is 33.0 Å². The molecule has 1 N–H and O–H groups in total. The lowest BCUT2D eigenvalue weighted by atomic mass is 10.3. The van der Waals surface area contributed by atoms with Crippen LogP contribution in [0.1, 0.15) is 34.1 Å². The number of hydrogen-bond acceptors (Lipinski definition) is 2. The minimum Gasteiger partial charge on any atom is -0.314 e. The first-order chi connectivity index (χ1) is 6.56. The van der Waals surface area contributed by atoms with Gasteiger partial charge in [0.2, 0.25) is 0 Å². The van der Waals surface area contributed by atoms with Crippen LogP contribution in [0.15, 0.2) is 12.2 Å². The summed E-state index contributed by atoms with van der Waals surface area (Å²) in [6.07, 6.45) is 1.22. The second-order valence-corrected chi connectivity index (χ2v) is 4.29. The Labute approximate surface area is 89.4 Å². The van der Waals surface area contributed by atoms with Crippen LogP contribution in [0.2, 0.25) is 0 Å². The third-order valence-corrected chi connectivity index (χ3v) is 2.14. The van der Waals surface area contributed by atoms with Gasteiger partial charge in [0.05, 0.1) is 0 Å². The molecule has 0 rings (SSSR count). The van der Waals surface area contributed by atoms with E-state index in [9.17, 15) is 0 Å². The SMILES string of the molecule is C=C(C)CN(CC)CCCNC(C)C. The maximum atomic E-state index is 3.94. The van der Waals surface area contributed by atoms with Gasteiger partial charge in [-0.2, -0.15) is 0 Å². The lowest BCUT2D eigenvalue weighted by Gasteiger charge is -2.20. The van der Waals surface area contributed by atoms with Crippen LogP contribution in [-0.2, 0) is 0 Å². The Hall–Kier alpha value is -0.340. The van der Waals surface area contributed by atoms with E-state index >= 15 is 0 Å². The molecular weight excluding hydrogens is 172 g/mol. The van der Waals surface area contributed by atoms with E-state index in [0.717, 1.165) is 19.6 Å². The van der Waals surface area contributed by atoms with Crippen LogP contribution in [0.3, 0.4) is 0 Å². The van der Waals surface area contributed by atoms with E-state index in [2.05, 4.69) is 44.5 Å². The average molecular weight is 198 g/mol. The lowest BCUT2D eigenvalue weighted by Crippen LogP contribution is -2.30. The highest BCUT2D eigenvalue weighted by Gasteiger charge is 2.01. The molecule has 0 amide bonds. The van der Waals surface area contributed by atoms with Crippen molar-refractivity contribution in [2.24, 2.45) is 0 Å². The van der Waals surface area contributed by atoms with Crippen molar-refractivity contribution in [1.29, 1.82) is 0 Å². The average Bonchev–Trinajstić information content (AvgIpc) is 2.09. The van der Waals surface area contributed by atoms with Gasteiger partial charge < -0.3 is 5.32 Å². The molecule has 0 saturated heterocycles. The van der Waals surface area contributed by atoms with Crippen molar-refractivity contribution in [2.45, 2.75) is 40.2 Å². The van der Waals surface area contributed by atoms with E-state index in [1.54, 1.807) is 0 Å². The Kier molecular flexibility index (Phi) is 7.81. The summed E-state index contributed by atoms with van der Waals surface area (Å²) in [4.78, 5) is 2.43. The van der Waals surface area contributed by atoms with Crippen molar-refractivity contribution >= 4 is 0 Å². The van der Waals surface area contributed by atoms with Gasteiger partial charge in [-0.25, -0.2) is 0 Å². The number of rotatable bonds is 8. The molecule has 0 aromatic heterocycles. The molecule has 0 aromatic rings. The summed E-state index contributed by atoms with van der Waals surface area (Å²) < 4.78 is 0. The summed E-state index contributed by atoms with van der Waals surface area (Å²) >= 11 is 0. The van der Waals surface area contributed by atoms with Gasteiger partial charge in [-0.3, -0.25) is 4.90 Å². The predicted molar refractivity (Wildman–Crippen MR) is 64.7 cm³/mol. The molecular formula is C12H26N2. The van der Waals surface area contributed by atoms with E-state index in [-0.39, 0.29) is 0 Å². The molecule has 0 bridgehead atoms. The zero-order chi connectivity index (χ0) is 11.0. The zero-order valence-corrected chi connectivity index (χ0v) is 10.3. The van der Waals surface area contributed by atoms with Crippen molar-refractivity contribution in [3.8, 4) is 0 Å². The van der Waals surface area contributed by atoms with E-state index in [4.69, 9.17) is 0 Å². The minimum atomic E-state index is 0.603. The topological polar surface area (TPSA) is 15.3 Å². The van der Waals surface area contributed by atoms with Crippen molar-refractivity contribution in [2.75, 3.05) is 26.2 Å². The summed E-state index contributed by atoms with van der Waals surface area (Å²) in [5.74, 6) is 0. The molecule has 0 unspecified atom stereocenters. The first-order valence-electron chi connectivity index (χ1n) is 5.66. The summed E-state index contributed by atoms with van der Waals surface area (Å²) in [6, 6.07) is 0.603. The number of nitrogens with one attached hydrogen (secondary N) is 1. The maximum absolute atomic E-state index is 3.94. The number of likely N-dealkylation sites (N-methyl/N-ethyl adjacent to an activating group) is 1. The lowest BCUT2D eigenvalue weighted by molar-refractivity contribution is 0.304. The van der Waals surface area contributed by atoms with Gasteiger partial charge in [0.1, 0.15) is 0 Å². The highest BCUT2D eigenvalue weighted by molar-refractivity contribution is 4.91. The molecule has 0 aromatic carbocycles. The molecule has 0 aliphatic heterocycles. The second-order valence-electron chi connectivity index (χ2n) is 4.29. The number of hydrogen-bond donors (Lipinski definition) is 1. The third-order valence-electron chi connectivity index (χ3n) is 2.14. The van der Waals surface area contributed by atoms with E-state index in [1.807, 2.05) is 0 Å². The molecule has 0 spiro atoms. The van der Waals surface area contributed by atoms with E-state index in [1.165, 1.54) is 18.5 Å². The maximum Gasteiger partial charge on any atom is 0.0187 e. The first kappa shape index (κ1) is 13.7. The van der Waals surface area contributed by atoms with Crippen LogP contribution < -0.4 is 5.32 Å². The highest BCUT2D eigenvalue weighted by atomic mass is 15.1. The molecule has 84 valence electrons. The van der Waals surface area contributed by atoms with E-state index < -0.39 is 0 Å². The molecule has 0 aliphatic carbocycles. The molecule has 0 fully saturated rings. The minimum absolute atomic E-state index is 0.603. The molecule has 0 heterocycles. The van der Waals surface area contributed by atoms with Crippen LogP contribution in [-0.4, -0.2) is 37.1 Å². The number of nitrogens with zero attached hydrogens (tertiary/aromatic N) is 1. The van der Waals surface area contributed by atoms with Crippen LogP contribution in [0.25, 0.3) is 0 Å². The summed E-state index contributed by atoms with van der Waals surface area (Å²) in [7, 11) is 0. The van der Waals surface area contributed by atoms with Crippen LogP contribution in [0.5, 0.6) is 0 Å². The van der Waals surface area contributed by atoms with Crippen LogP contribution in [0, 0.1) is 0 Å². The molecule has 0 radical (unpaired) electrons. The first-order valence-corrected chi connectivity index (χ1v) is 5.66. The second kappa shape index (κ2) is 8.01. The smallest absolute Gasteiger partial charge is 0.0187 e. The van der Waals surface area contributed by atoms with E-state index in [0.29, 0.717) is 6.04 Å². The highest BCUT2D eigenvalue weighted by Crippen LogP contribution is 1.96. The molecule has 2 nitrogen and oxygen atoms in total. The van der Waals surface area contributed by atoms with Gasteiger partial charge in [0.15, 0.2) is 0 Å². The Morgan fingerprint density at radius 3 is 2.50 bits per heavy atom. The van der Waals surface area contributed by atoms with Gasteiger partial charge in [-0.15, -0.1) is 0 Å². The standard InChI is InChI=1S/C12H26N2/c1-6-14(10-11(2)3)9-7-8-13-12(4)5/h12-13H,2,6-10H2,1,3-5H3. The van der Waals surface area contributed by atoms with Crippen molar-refractivity contribution < 1.29 is 0 Å². The van der Waals surface area contributed by atoms with Gasteiger partial charge in [0, 0.05) is 12.6 Å². The van der Waals surface area contributed by atoms with Gasteiger partial charge in [0.25, 0.3) is 0 Å².